The van der Waals surface area contributed by atoms with Gasteiger partial charge in [-0.25, -0.2) is 0 Å². The molecule has 94 valence electrons. The highest BCUT2D eigenvalue weighted by Gasteiger charge is 2.31. The van der Waals surface area contributed by atoms with Crippen molar-refractivity contribution in [2.75, 3.05) is 19.8 Å². The van der Waals surface area contributed by atoms with Gasteiger partial charge in [0.05, 0.1) is 25.3 Å². The van der Waals surface area contributed by atoms with Crippen LogP contribution in [0.15, 0.2) is 0 Å². The van der Waals surface area contributed by atoms with Gasteiger partial charge < -0.3 is 15.4 Å². The maximum atomic E-state index is 12.2. The molecule has 4 heteroatoms. The number of nitrogens with zero attached hydrogens (tertiary/aromatic N) is 1. The van der Waals surface area contributed by atoms with Crippen LogP contribution in [0.5, 0.6) is 0 Å². The third-order valence-corrected chi connectivity index (χ3v) is 3.52. The molecule has 0 aromatic rings. The Kier molecular flexibility index (Phi) is 5.22. The third kappa shape index (κ3) is 2.95. The largest absolute Gasteiger partial charge is 0.377 e. The Morgan fingerprint density at radius 3 is 2.81 bits per heavy atom. The predicted molar refractivity (Wildman–Crippen MR) is 64.0 cm³/mol. The van der Waals surface area contributed by atoms with Gasteiger partial charge in [0.2, 0.25) is 5.91 Å². The topological polar surface area (TPSA) is 55.6 Å². The number of carbonyl (C=O) groups excluding carboxylic acids is 1. The maximum Gasteiger partial charge on any atom is 0.240 e. The molecule has 0 saturated carbocycles. The van der Waals surface area contributed by atoms with E-state index in [4.69, 9.17) is 10.5 Å². The molecule has 0 radical (unpaired) electrons. The molecule has 1 aliphatic heterocycles. The van der Waals surface area contributed by atoms with E-state index in [0.717, 1.165) is 12.8 Å². The lowest BCUT2D eigenvalue weighted by molar-refractivity contribution is -0.142. The van der Waals surface area contributed by atoms with Gasteiger partial charge in [-0.15, -0.1) is 0 Å². The molecule has 1 aliphatic rings. The summed E-state index contributed by atoms with van der Waals surface area (Å²) in [6.07, 6.45) is 1.87. The second kappa shape index (κ2) is 6.21. The van der Waals surface area contributed by atoms with Gasteiger partial charge in [0, 0.05) is 6.54 Å². The smallest absolute Gasteiger partial charge is 0.240 e. The average molecular weight is 228 g/mol. The minimum atomic E-state index is -0.364. The van der Waals surface area contributed by atoms with Crippen LogP contribution >= 0.6 is 0 Å². The number of ether oxygens (including phenoxy) is 1. The number of morpholine rings is 1. The van der Waals surface area contributed by atoms with E-state index in [0.29, 0.717) is 19.8 Å². The zero-order valence-corrected chi connectivity index (χ0v) is 10.6. The van der Waals surface area contributed by atoms with Crippen LogP contribution in [0.1, 0.15) is 33.6 Å². The van der Waals surface area contributed by atoms with E-state index in [1.807, 2.05) is 11.8 Å². The lowest BCUT2D eigenvalue weighted by atomic mass is 9.98. The highest BCUT2D eigenvalue weighted by molar-refractivity contribution is 5.82. The molecular weight excluding hydrogens is 204 g/mol. The van der Waals surface area contributed by atoms with Crippen LogP contribution in [0.3, 0.4) is 0 Å². The SMILES string of the molecule is CCC1COCCN1C(=O)[C@@H](N)[C@@H](C)CC. The van der Waals surface area contributed by atoms with E-state index in [1.165, 1.54) is 0 Å². The molecule has 1 heterocycles. The van der Waals surface area contributed by atoms with Gasteiger partial charge in [-0.1, -0.05) is 27.2 Å². The molecule has 1 amide bonds. The van der Waals surface area contributed by atoms with E-state index in [1.54, 1.807) is 0 Å². The summed E-state index contributed by atoms with van der Waals surface area (Å²) in [7, 11) is 0. The Hall–Kier alpha value is -0.610. The molecule has 1 fully saturated rings. The van der Waals surface area contributed by atoms with Crippen molar-refractivity contribution in [1.82, 2.24) is 4.90 Å². The molecule has 1 saturated heterocycles. The molecule has 0 aliphatic carbocycles. The van der Waals surface area contributed by atoms with E-state index >= 15 is 0 Å². The highest BCUT2D eigenvalue weighted by Crippen LogP contribution is 2.15. The van der Waals surface area contributed by atoms with E-state index in [9.17, 15) is 4.79 Å². The second-order valence-corrected chi connectivity index (χ2v) is 4.58. The predicted octanol–water partition coefficient (Wildman–Crippen LogP) is 0.997. The van der Waals surface area contributed by atoms with Gasteiger partial charge in [-0.05, 0) is 12.3 Å². The van der Waals surface area contributed by atoms with Gasteiger partial charge in [-0.3, -0.25) is 4.79 Å². The van der Waals surface area contributed by atoms with Crippen molar-refractivity contribution in [3.8, 4) is 0 Å². The number of nitrogens with two attached hydrogens (primary N) is 1. The molecule has 1 unspecified atom stereocenters. The van der Waals surface area contributed by atoms with Crippen LogP contribution in [0, 0.1) is 5.92 Å². The highest BCUT2D eigenvalue weighted by atomic mass is 16.5. The third-order valence-electron chi connectivity index (χ3n) is 3.52. The van der Waals surface area contributed by atoms with Crippen LogP contribution in [-0.2, 0) is 9.53 Å². The van der Waals surface area contributed by atoms with Gasteiger partial charge in [0.1, 0.15) is 0 Å². The summed E-state index contributed by atoms with van der Waals surface area (Å²) in [5, 5.41) is 0. The minimum absolute atomic E-state index is 0.0875. The first-order valence-electron chi connectivity index (χ1n) is 6.25. The summed E-state index contributed by atoms with van der Waals surface area (Å²) in [5.74, 6) is 0.331. The lowest BCUT2D eigenvalue weighted by Gasteiger charge is -2.37. The van der Waals surface area contributed by atoms with Crippen LogP contribution in [-0.4, -0.2) is 42.6 Å². The first-order chi connectivity index (χ1) is 7.61. The van der Waals surface area contributed by atoms with Crippen molar-refractivity contribution < 1.29 is 9.53 Å². The zero-order valence-electron chi connectivity index (χ0n) is 10.6. The summed E-state index contributed by atoms with van der Waals surface area (Å²) < 4.78 is 5.39. The molecule has 16 heavy (non-hydrogen) atoms. The van der Waals surface area contributed by atoms with Gasteiger partial charge >= 0.3 is 0 Å². The second-order valence-electron chi connectivity index (χ2n) is 4.58. The standard InChI is InChI=1S/C12H24N2O2/c1-4-9(3)11(13)12(15)14-6-7-16-8-10(14)5-2/h9-11H,4-8,13H2,1-3H3/t9-,10?,11-/m0/s1. The number of amides is 1. The zero-order chi connectivity index (χ0) is 12.1. The molecule has 0 bridgehead atoms. The van der Waals surface area contributed by atoms with E-state index in [2.05, 4.69) is 13.8 Å². The summed E-state index contributed by atoms with van der Waals surface area (Å²) >= 11 is 0. The number of hydrogen-bond donors (Lipinski definition) is 1. The first-order valence-corrected chi connectivity index (χ1v) is 6.25. The Morgan fingerprint density at radius 2 is 2.25 bits per heavy atom. The molecule has 0 aromatic heterocycles. The van der Waals surface area contributed by atoms with Gasteiger partial charge in [-0.2, -0.15) is 0 Å². The molecule has 3 atom stereocenters. The first kappa shape index (κ1) is 13.5. The van der Waals surface area contributed by atoms with Crippen LogP contribution < -0.4 is 5.73 Å². The number of hydrogen-bond acceptors (Lipinski definition) is 3. The Bertz CT molecular complexity index is 233. The Morgan fingerprint density at radius 1 is 1.56 bits per heavy atom. The Balaban J connectivity index is 2.63. The summed E-state index contributed by atoms with van der Waals surface area (Å²) in [6.45, 7) is 8.14. The fraction of sp³-hybridized carbons (Fsp3) is 0.917. The minimum Gasteiger partial charge on any atom is -0.377 e. The fourth-order valence-corrected chi connectivity index (χ4v) is 1.97. The van der Waals surface area contributed by atoms with Crippen LogP contribution in [0.4, 0.5) is 0 Å². The van der Waals surface area contributed by atoms with Crippen LogP contribution in [0.25, 0.3) is 0 Å². The van der Waals surface area contributed by atoms with Crippen molar-refractivity contribution in [3.05, 3.63) is 0 Å². The fourth-order valence-electron chi connectivity index (χ4n) is 1.97. The van der Waals surface area contributed by atoms with E-state index < -0.39 is 0 Å². The maximum absolute atomic E-state index is 12.2. The lowest BCUT2D eigenvalue weighted by Crippen LogP contribution is -2.55. The molecule has 0 aromatic carbocycles. The molecule has 0 spiro atoms. The number of rotatable bonds is 4. The summed E-state index contributed by atoms with van der Waals surface area (Å²) in [6, 6.07) is -0.159. The van der Waals surface area contributed by atoms with Crippen molar-refractivity contribution in [3.63, 3.8) is 0 Å². The number of carbonyl (C=O) groups is 1. The molecule has 4 nitrogen and oxygen atoms in total. The van der Waals surface area contributed by atoms with E-state index in [-0.39, 0.29) is 23.9 Å². The van der Waals surface area contributed by atoms with Crippen molar-refractivity contribution in [1.29, 1.82) is 0 Å². The molecule has 1 rings (SSSR count). The van der Waals surface area contributed by atoms with Crippen molar-refractivity contribution >= 4 is 5.91 Å². The summed E-state index contributed by atoms with van der Waals surface area (Å²) in [4.78, 5) is 14.1. The van der Waals surface area contributed by atoms with Gasteiger partial charge in [0.25, 0.3) is 0 Å². The average Bonchev–Trinajstić information content (AvgIpc) is 2.35. The quantitative estimate of drug-likeness (QED) is 0.781. The molecular formula is C12H24N2O2. The van der Waals surface area contributed by atoms with Gasteiger partial charge in [0.15, 0.2) is 0 Å². The van der Waals surface area contributed by atoms with Crippen LogP contribution in [0.2, 0.25) is 0 Å². The summed E-state index contributed by atoms with van der Waals surface area (Å²) in [5.41, 5.74) is 5.99. The monoisotopic (exact) mass is 228 g/mol. The normalized spacial score (nSPS) is 25.2. The van der Waals surface area contributed by atoms with Crippen molar-refractivity contribution in [2.45, 2.75) is 45.7 Å². The van der Waals surface area contributed by atoms with Crippen molar-refractivity contribution in [2.24, 2.45) is 11.7 Å². The Labute approximate surface area is 98.1 Å². The molecule has 2 N–H and O–H groups in total.